The van der Waals surface area contributed by atoms with Gasteiger partial charge >= 0.3 is 6.18 Å². The van der Waals surface area contributed by atoms with Crippen molar-refractivity contribution in [2.24, 2.45) is 5.16 Å². The molecule has 0 aliphatic carbocycles. The summed E-state index contributed by atoms with van der Waals surface area (Å²) in [5, 5.41) is 11.8. The lowest BCUT2D eigenvalue weighted by atomic mass is 10.0. The molecule has 1 rings (SSSR count). The molecule has 0 aliphatic heterocycles. The van der Waals surface area contributed by atoms with Crippen LogP contribution in [-0.2, 0) is 11.2 Å². The molecule has 0 saturated heterocycles. The molecule has 22 heavy (non-hydrogen) atoms. The molecule has 0 bridgehead atoms. The molecule has 0 amide bonds. The van der Waals surface area contributed by atoms with Crippen LogP contribution in [0.4, 0.5) is 17.6 Å². The highest BCUT2D eigenvalue weighted by Gasteiger charge is 2.38. The van der Waals surface area contributed by atoms with Crippen molar-refractivity contribution in [1.82, 2.24) is 0 Å². The van der Waals surface area contributed by atoms with E-state index in [-0.39, 0.29) is 11.3 Å². The molecule has 3 nitrogen and oxygen atoms in total. The second-order valence-electron chi connectivity index (χ2n) is 4.58. The zero-order valence-electron chi connectivity index (χ0n) is 12.0. The molecule has 1 aromatic rings. The third-order valence-corrected chi connectivity index (χ3v) is 2.97. The van der Waals surface area contributed by atoms with Gasteiger partial charge in [0.2, 0.25) is 0 Å². The standard InChI is InChI=1S/C15H17F4NO2/c1-3-6-10-7-5-8-11(14(10)16)12(20-21)9-22-13(4-2)15(17,18)19/h4-5,7-8,13,21H,2-3,6,9H2,1H3/b20-12+. The number of alkyl halides is 3. The van der Waals surface area contributed by atoms with Gasteiger partial charge in [0, 0.05) is 5.56 Å². The molecule has 0 aliphatic rings. The van der Waals surface area contributed by atoms with Crippen LogP contribution in [0.1, 0.15) is 24.5 Å². The molecule has 0 radical (unpaired) electrons. The van der Waals surface area contributed by atoms with E-state index in [2.05, 4.69) is 16.5 Å². The first-order chi connectivity index (χ1) is 10.3. The molecule has 0 saturated carbocycles. The van der Waals surface area contributed by atoms with Crippen molar-refractivity contribution in [1.29, 1.82) is 0 Å². The quantitative estimate of drug-likeness (QED) is 0.270. The zero-order chi connectivity index (χ0) is 16.8. The fourth-order valence-corrected chi connectivity index (χ4v) is 1.89. The van der Waals surface area contributed by atoms with Gasteiger partial charge in [-0.05, 0) is 18.1 Å². The lowest BCUT2D eigenvalue weighted by Gasteiger charge is -2.18. The van der Waals surface area contributed by atoms with Gasteiger partial charge in [0.05, 0.1) is 6.61 Å². The van der Waals surface area contributed by atoms with E-state index in [1.807, 2.05) is 6.92 Å². The van der Waals surface area contributed by atoms with Crippen LogP contribution in [0.3, 0.4) is 0 Å². The SMILES string of the molecule is C=CC(OC/C(=N\O)c1cccc(CCC)c1F)C(F)(F)F. The van der Waals surface area contributed by atoms with Crippen LogP contribution in [0.25, 0.3) is 0 Å². The largest absolute Gasteiger partial charge is 0.418 e. The van der Waals surface area contributed by atoms with E-state index in [0.29, 0.717) is 24.5 Å². The fourth-order valence-electron chi connectivity index (χ4n) is 1.89. The Hall–Kier alpha value is -1.89. The predicted molar refractivity (Wildman–Crippen MR) is 74.7 cm³/mol. The van der Waals surface area contributed by atoms with E-state index < -0.39 is 24.7 Å². The number of hydrogen-bond donors (Lipinski definition) is 1. The Balaban J connectivity index is 2.94. The van der Waals surface area contributed by atoms with Gasteiger partial charge in [-0.25, -0.2) is 4.39 Å². The highest BCUT2D eigenvalue weighted by Crippen LogP contribution is 2.24. The first-order valence-electron chi connectivity index (χ1n) is 6.64. The second kappa shape index (κ2) is 7.93. The average molecular weight is 319 g/mol. The number of oxime groups is 1. The highest BCUT2D eigenvalue weighted by molar-refractivity contribution is 6.01. The molecular weight excluding hydrogens is 302 g/mol. The Morgan fingerprint density at radius 1 is 1.45 bits per heavy atom. The average Bonchev–Trinajstić information content (AvgIpc) is 2.45. The minimum absolute atomic E-state index is 0.0848. The number of benzene rings is 1. The monoisotopic (exact) mass is 319 g/mol. The number of aryl methyl sites for hydroxylation is 1. The maximum absolute atomic E-state index is 14.2. The van der Waals surface area contributed by atoms with Crippen LogP contribution in [0.2, 0.25) is 0 Å². The summed E-state index contributed by atoms with van der Waals surface area (Å²) >= 11 is 0. The number of rotatable bonds is 7. The predicted octanol–water partition coefficient (Wildman–Crippen LogP) is 4.09. The van der Waals surface area contributed by atoms with Crippen molar-refractivity contribution in [2.45, 2.75) is 32.0 Å². The van der Waals surface area contributed by atoms with Crippen molar-refractivity contribution in [3.63, 3.8) is 0 Å². The summed E-state index contributed by atoms with van der Waals surface area (Å²) in [5.41, 5.74) is 0.00207. The van der Waals surface area contributed by atoms with Crippen molar-refractivity contribution in [3.05, 3.63) is 47.8 Å². The van der Waals surface area contributed by atoms with Crippen LogP contribution in [0.5, 0.6) is 0 Å². The minimum atomic E-state index is -4.63. The van der Waals surface area contributed by atoms with Gasteiger partial charge in [-0.3, -0.25) is 0 Å². The van der Waals surface area contributed by atoms with Gasteiger partial charge in [0.25, 0.3) is 0 Å². The van der Waals surface area contributed by atoms with E-state index >= 15 is 0 Å². The molecule has 1 aromatic carbocycles. The van der Waals surface area contributed by atoms with E-state index in [1.165, 1.54) is 6.07 Å². The topological polar surface area (TPSA) is 41.8 Å². The van der Waals surface area contributed by atoms with Gasteiger partial charge in [-0.2, -0.15) is 13.2 Å². The molecule has 1 unspecified atom stereocenters. The van der Waals surface area contributed by atoms with E-state index in [0.717, 1.165) is 0 Å². The normalized spacial score (nSPS) is 14.0. The van der Waals surface area contributed by atoms with Crippen molar-refractivity contribution in [3.8, 4) is 0 Å². The molecule has 1 atom stereocenters. The van der Waals surface area contributed by atoms with Crippen LogP contribution >= 0.6 is 0 Å². The molecule has 0 spiro atoms. The summed E-state index contributed by atoms with van der Waals surface area (Å²) in [4.78, 5) is 0. The fraction of sp³-hybridized carbons (Fsp3) is 0.400. The summed E-state index contributed by atoms with van der Waals surface area (Å²) in [7, 11) is 0. The summed E-state index contributed by atoms with van der Waals surface area (Å²) in [5.74, 6) is -0.622. The lowest BCUT2D eigenvalue weighted by Crippen LogP contribution is -2.31. The van der Waals surface area contributed by atoms with Gasteiger partial charge in [0.15, 0.2) is 6.10 Å². The molecule has 7 heteroatoms. The van der Waals surface area contributed by atoms with Gasteiger partial charge in [-0.15, -0.1) is 6.58 Å². The maximum Gasteiger partial charge on any atom is 0.418 e. The molecule has 0 heterocycles. The summed E-state index contributed by atoms with van der Waals surface area (Å²) in [6, 6.07) is 4.44. The third kappa shape index (κ3) is 4.56. The number of nitrogens with zero attached hydrogens (tertiary/aromatic N) is 1. The van der Waals surface area contributed by atoms with E-state index in [4.69, 9.17) is 5.21 Å². The van der Waals surface area contributed by atoms with E-state index in [1.54, 1.807) is 12.1 Å². The molecule has 1 N–H and O–H groups in total. The summed E-state index contributed by atoms with van der Waals surface area (Å²) in [6.07, 6.45) is -5.10. The molecule has 0 aromatic heterocycles. The molecule has 0 fully saturated rings. The first kappa shape index (κ1) is 18.2. The van der Waals surface area contributed by atoms with Crippen LogP contribution in [0.15, 0.2) is 36.0 Å². The van der Waals surface area contributed by atoms with Crippen molar-refractivity contribution in [2.75, 3.05) is 6.61 Å². The number of halogens is 4. The van der Waals surface area contributed by atoms with Crippen molar-refractivity contribution >= 4 is 5.71 Å². The zero-order valence-corrected chi connectivity index (χ0v) is 12.0. The van der Waals surface area contributed by atoms with E-state index in [9.17, 15) is 17.6 Å². The van der Waals surface area contributed by atoms with Crippen LogP contribution in [0, 0.1) is 5.82 Å². The first-order valence-corrected chi connectivity index (χ1v) is 6.64. The number of ether oxygens (including phenoxy) is 1. The Labute approximate surface area is 125 Å². The Morgan fingerprint density at radius 3 is 2.64 bits per heavy atom. The Bertz CT molecular complexity index is 541. The van der Waals surface area contributed by atoms with Gasteiger partial charge in [-0.1, -0.05) is 36.7 Å². The summed E-state index contributed by atoms with van der Waals surface area (Å²) in [6.45, 7) is 4.21. The third-order valence-electron chi connectivity index (χ3n) is 2.97. The lowest BCUT2D eigenvalue weighted by molar-refractivity contribution is -0.199. The van der Waals surface area contributed by atoms with Gasteiger partial charge < -0.3 is 9.94 Å². The minimum Gasteiger partial charge on any atom is -0.411 e. The Morgan fingerprint density at radius 2 is 2.14 bits per heavy atom. The second-order valence-corrected chi connectivity index (χ2v) is 4.58. The smallest absolute Gasteiger partial charge is 0.411 e. The van der Waals surface area contributed by atoms with Crippen LogP contribution < -0.4 is 0 Å². The Kier molecular flexibility index (Phi) is 6.55. The van der Waals surface area contributed by atoms with Crippen molar-refractivity contribution < 1.29 is 27.5 Å². The van der Waals surface area contributed by atoms with Gasteiger partial charge in [0.1, 0.15) is 11.5 Å². The highest BCUT2D eigenvalue weighted by atomic mass is 19.4. The maximum atomic E-state index is 14.2. The number of hydrogen-bond acceptors (Lipinski definition) is 3. The summed E-state index contributed by atoms with van der Waals surface area (Å²) < 4.78 is 56.5. The molecular formula is C15H17F4NO2. The molecule has 122 valence electrons. The van der Waals surface area contributed by atoms with Crippen LogP contribution in [-0.4, -0.2) is 29.8 Å².